The number of carbonyl (C=O) groups excluding carboxylic acids is 2. The van der Waals surface area contributed by atoms with E-state index in [1.165, 1.54) is 0 Å². The number of likely N-dealkylation sites (N-methyl/N-ethyl adjacent to an activating group) is 1. The largest absolute Gasteiger partial charge is 0.369 e. The first-order valence-electron chi connectivity index (χ1n) is 11.0. The summed E-state index contributed by atoms with van der Waals surface area (Å²) < 4.78 is 0. The van der Waals surface area contributed by atoms with E-state index in [2.05, 4.69) is 10.2 Å². The van der Waals surface area contributed by atoms with Gasteiger partial charge in [-0.3, -0.25) is 4.79 Å². The predicted molar refractivity (Wildman–Crippen MR) is 124 cm³/mol. The summed E-state index contributed by atoms with van der Waals surface area (Å²) in [7, 11) is 3.98. The second kappa shape index (κ2) is 9.96. The molecule has 6 nitrogen and oxygen atoms in total. The molecule has 0 aliphatic carbocycles. The lowest BCUT2D eigenvalue weighted by Crippen LogP contribution is -2.54. The third kappa shape index (κ3) is 4.90. The van der Waals surface area contributed by atoms with Gasteiger partial charge in [-0.05, 0) is 50.9 Å². The highest BCUT2D eigenvalue weighted by Crippen LogP contribution is 2.44. The van der Waals surface area contributed by atoms with E-state index in [9.17, 15) is 9.59 Å². The van der Waals surface area contributed by atoms with Crippen LogP contribution < -0.4 is 11.1 Å². The SMILES string of the molecule is CC(CN(C)C)NC(=O)N1CCC(C(C(N)=O)(c2ccccc2)c2ccccc2)CC1. The van der Waals surface area contributed by atoms with E-state index in [4.69, 9.17) is 5.73 Å². The number of rotatable bonds is 7. The Morgan fingerprint density at radius 1 is 1.03 bits per heavy atom. The molecule has 1 aliphatic heterocycles. The zero-order valence-corrected chi connectivity index (χ0v) is 18.8. The minimum Gasteiger partial charge on any atom is -0.369 e. The smallest absolute Gasteiger partial charge is 0.317 e. The van der Waals surface area contributed by atoms with Crippen molar-refractivity contribution in [3.8, 4) is 0 Å². The zero-order chi connectivity index (χ0) is 22.4. The van der Waals surface area contributed by atoms with E-state index in [1.807, 2.05) is 86.6 Å². The van der Waals surface area contributed by atoms with Crippen molar-refractivity contribution in [3.05, 3.63) is 71.8 Å². The lowest BCUT2D eigenvalue weighted by molar-refractivity contribution is -0.124. The number of nitrogens with one attached hydrogen (secondary N) is 1. The molecule has 0 saturated carbocycles. The molecule has 0 radical (unpaired) electrons. The summed E-state index contributed by atoms with van der Waals surface area (Å²) in [5.41, 5.74) is 7.05. The number of nitrogens with zero attached hydrogens (tertiary/aromatic N) is 2. The van der Waals surface area contributed by atoms with Gasteiger partial charge in [-0.1, -0.05) is 60.7 Å². The fourth-order valence-corrected chi connectivity index (χ4v) is 4.94. The minimum absolute atomic E-state index is 0.0121. The lowest BCUT2D eigenvalue weighted by Gasteiger charge is -2.43. The lowest BCUT2D eigenvalue weighted by atomic mass is 9.62. The van der Waals surface area contributed by atoms with Crippen LogP contribution in [0.1, 0.15) is 30.9 Å². The minimum atomic E-state index is -0.913. The summed E-state index contributed by atoms with van der Waals surface area (Å²) in [6, 6.07) is 19.7. The van der Waals surface area contributed by atoms with Gasteiger partial charge in [0.25, 0.3) is 0 Å². The first kappa shape index (κ1) is 22.8. The molecule has 2 aromatic carbocycles. The molecule has 1 aliphatic rings. The molecule has 1 heterocycles. The molecule has 0 spiro atoms. The van der Waals surface area contributed by atoms with Crippen LogP contribution >= 0.6 is 0 Å². The Labute approximate surface area is 185 Å². The van der Waals surface area contributed by atoms with Crippen LogP contribution in [0.5, 0.6) is 0 Å². The number of benzene rings is 2. The fraction of sp³-hybridized carbons (Fsp3) is 0.440. The maximum atomic E-state index is 13.1. The molecule has 3 N–H and O–H groups in total. The van der Waals surface area contributed by atoms with Crippen molar-refractivity contribution in [2.24, 2.45) is 11.7 Å². The Kier molecular flexibility index (Phi) is 7.33. The van der Waals surface area contributed by atoms with Gasteiger partial charge in [0, 0.05) is 25.7 Å². The number of primary amides is 1. The summed E-state index contributed by atoms with van der Waals surface area (Å²) >= 11 is 0. The third-order valence-corrected chi connectivity index (χ3v) is 6.25. The summed E-state index contributed by atoms with van der Waals surface area (Å²) in [4.78, 5) is 29.7. The van der Waals surface area contributed by atoms with E-state index >= 15 is 0 Å². The Morgan fingerprint density at radius 3 is 1.94 bits per heavy atom. The maximum absolute atomic E-state index is 13.1. The molecule has 0 bridgehead atoms. The zero-order valence-electron chi connectivity index (χ0n) is 18.8. The summed E-state index contributed by atoms with van der Waals surface area (Å²) in [6.07, 6.45) is 1.42. The van der Waals surface area contributed by atoms with Crippen LogP contribution in [0.15, 0.2) is 60.7 Å². The highest BCUT2D eigenvalue weighted by molar-refractivity contribution is 5.91. The molecule has 166 valence electrons. The Balaban J connectivity index is 1.83. The molecule has 3 rings (SSSR count). The number of carbonyl (C=O) groups is 2. The number of hydrogen-bond acceptors (Lipinski definition) is 3. The molecule has 31 heavy (non-hydrogen) atoms. The molecule has 3 amide bonds. The maximum Gasteiger partial charge on any atom is 0.317 e. The van der Waals surface area contributed by atoms with E-state index in [-0.39, 0.29) is 23.9 Å². The Bertz CT molecular complexity index is 822. The van der Waals surface area contributed by atoms with Gasteiger partial charge < -0.3 is 20.9 Å². The Morgan fingerprint density at radius 2 is 1.52 bits per heavy atom. The number of nitrogens with two attached hydrogens (primary N) is 1. The molecule has 1 fully saturated rings. The molecular weight excluding hydrogens is 388 g/mol. The third-order valence-electron chi connectivity index (χ3n) is 6.25. The van der Waals surface area contributed by atoms with Crippen molar-refractivity contribution >= 4 is 11.9 Å². The van der Waals surface area contributed by atoms with Gasteiger partial charge in [-0.25, -0.2) is 4.79 Å². The van der Waals surface area contributed by atoms with Crippen LogP contribution in [0.25, 0.3) is 0 Å². The normalized spacial score (nSPS) is 16.2. The van der Waals surface area contributed by atoms with Gasteiger partial charge >= 0.3 is 6.03 Å². The molecule has 1 unspecified atom stereocenters. The quantitative estimate of drug-likeness (QED) is 0.720. The number of amides is 3. The summed E-state index contributed by atoms with van der Waals surface area (Å²) in [5.74, 6) is -0.328. The number of hydrogen-bond donors (Lipinski definition) is 2. The van der Waals surface area contributed by atoms with Crippen molar-refractivity contribution in [1.82, 2.24) is 15.1 Å². The number of urea groups is 1. The first-order chi connectivity index (χ1) is 14.9. The van der Waals surface area contributed by atoms with Crippen molar-refractivity contribution in [2.75, 3.05) is 33.7 Å². The van der Waals surface area contributed by atoms with Gasteiger partial charge in [-0.15, -0.1) is 0 Å². The molecular formula is C25H34N4O2. The van der Waals surface area contributed by atoms with Crippen LogP contribution in [0.3, 0.4) is 0 Å². The van der Waals surface area contributed by atoms with Crippen LogP contribution in [-0.4, -0.2) is 61.5 Å². The van der Waals surface area contributed by atoms with Crippen molar-refractivity contribution in [1.29, 1.82) is 0 Å². The van der Waals surface area contributed by atoms with E-state index in [0.717, 1.165) is 17.7 Å². The monoisotopic (exact) mass is 422 g/mol. The molecule has 2 aromatic rings. The standard InChI is InChI=1S/C25H34N4O2/c1-19(18-28(2)3)27-24(31)29-16-14-22(15-17-29)25(23(26)30,20-10-6-4-7-11-20)21-12-8-5-9-13-21/h4-13,19,22H,14-18H2,1-3H3,(H2,26,30)(H,27,31). The second-order valence-electron chi connectivity index (χ2n) is 8.78. The van der Waals surface area contributed by atoms with Gasteiger partial charge in [0.15, 0.2) is 0 Å². The van der Waals surface area contributed by atoms with E-state index in [0.29, 0.717) is 25.9 Å². The van der Waals surface area contributed by atoms with E-state index < -0.39 is 5.41 Å². The average molecular weight is 423 g/mol. The van der Waals surface area contributed by atoms with Crippen molar-refractivity contribution < 1.29 is 9.59 Å². The molecule has 1 saturated heterocycles. The topological polar surface area (TPSA) is 78.7 Å². The van der Waals surface area contributed by atoms with Gasteiger partial charge in [0.2, 0.25) is 5.91 Å². The second-order valence-corrected chi connectivity index (χ2v) is 8.78. The van der Waals surface area contributed by atoms with Crippen molar-refractivity contribution in [3.63, 3.8) is 0 Å². The van der Waals surface area contributed by atoms with Crippen LogP contribution in [0, 0.1) is 5.92 Å². The molecule has 0 aromatic heterocycles. The van der Waals surface area contributed by atoms with Crippen LogP contribution in [0.4, 0.5) is 4.79 Å². The van der Waals surface area contributed by atoms with Crippen LogP contribution in [-0.2, 0) is 10.2 Å². The molecule has 6 heteroatoms. The Hall–Kier alpha value is -2.86. The van der Waals surface area contributed by atoms with E-state index in [1.54, 1.807) is 0 Å². The van der Waals surface area contributed by atoms with Gasteiger partial charge in [-0.2, -0.15) is 0 Å². The average Bonchev–Trinajstić information content (AvgIpc) is 2.75. The highest BCUT2D eigenvalue weighted by atomic mass is 16.2. The van der Waals surface area contributed by atoms with Crippen molar-refractivity contribution in [2.45, 2.75) is 31.2 Å². The number of piperidine rings is 1. The number of likely N-dealkylation sites (tertiary alicyclic amines) is 1. The highest BCUT2D eigenvalue weighted by Gasteiger charge is 2.48. The van der Waals surface area contributed by atoms with Crippen LogP contribution in [0.2, 0.25) is 0 Å². The summed E-state index contributed by atoms with van der Waals surface area (Å²) in [5, 5.41) is 3.07. The van der Waals surface area contributed by atoms with Gasteiger partial charge in [0.05, 0.1) is 0 Å². The predicted octanol–water partition coefficient (Wildman–Crippen LogP) is 2.83. The van der Waals surface area contributed by atoms with Gasteiger partial charge in [0.1, 0.15) is 5.41 Å². The summed E-state index contributed by atoms with van der Waals surface area (Å²) in [6.45, 7) is 3.99. The first-order valence-corrected chi connectivity index (χ1v) is 11.0. The molecule has 1 atom stereocenters. The fourth-order valence-electron chi connectivity index (χ4n) is 4.94.